The second-order valence-electron chi connectivity index (χ2n) is 4.83. The highest BCUT2D eigenvalue weighted by Crippen LogP contribution is 2.23. The van der Waals surface area contributed by atoms with Crippen LogP contribution >= 0.6 is 0 Å². The first-order chi connectivity index (χ1) is 10.0. The van der Waals surface area contributed by atoms with Crippen LogP contribution in [-0.2, 0) is 0 Å². The number of anilines is 1. The molecule has 1 atom stereocenters. The average molecular weight is 292 g/mol. The van der Waals surface area contributed by atoms with E-state index in [0.29, 0.717) is 6.54 Å². The molecule has 1 unspecified atom stereocenters. The standard InChI is InChI=1S/C16H18F2N2O/c1-20(11-5-3-6-12(9-11)21-2)10-15(19)13-7-4-8-14(17)16(13)18/h3-9,15H,10,19H2,1-2H3. The number of methoxy groups -OCH3 is 1. The van der Waals surface area contributed by atoms with Gasteiger partial charge in [0.25, 0.3) is 0 Å². The van der Waals surface area contributed by atoms with Crippen molar-refractivity contribution < 1.29 is 13.5 Å². The average Bonchev–Trinajstić information content (AvgIpc) is 2.49. The summed E-state index contributed by atoms with van der Waals surface area (Å²) in [6.07, 6.45) is 0. The van der Waals surface area contributed by atoms with E-state index < -0.39 is 17.7 Å². The molecule has 2 N–H and O–H groups in total. The zero-order chi connectivity index (χ0) is 15.4. The first kappa shape index (κ1) is 15.3. The summed E-state index contributed by atoms with van der Waals surface area (Å²) in [6.45, 7) is 0.355. The maximum absolute atomic E-state index is 13.7. The third-order valence-electron chi connectivity index (χ3n) is 3.35. The molecule has 0 saturated carbocycles. The van der Waals surface area contributed by atoms with Gasteiger partial charge in [-0.25, -0.2) is 8.78 Å². The summed E-state index contributed by atoms with van der Waals surface area (Å²) in [4.78, 5) is 1.87. The van der Waals surface area contributed by atoms with Crippen LogP contribution in [0.3, 0.4) is 0 Å². The maximum Gasteiger partial charge on any atom is 0.163 e. The summed E-state index contributed by atoms with van der Waals surface area (Å²) in [5.41, 5.74) is 7.06. The Morgan fingerprint density at radius 3 is 2.62 bits per heavy atom. The molecule has 3 nitrogen and oxygen atoms in total. The van der Waals surface area contributed by atoms with Gasteiger partial charge < -0.3 is 15.4 Å². The number of hydrogen-bond donors (Lipinski definition) is 1. The van der Waals surface area contributed by atoms with E-state index in [1.54, 1.807) is 7.11 Å². The summed E-state index contributed by atoms with van der Waals surface area (Å²) in [7, 11) is 3.43. The molecule has 2 aromatic rings. The Balaban J connectivity index is 2.14. The van der Waals surface area contributed by atoms with E-state index in [4.69, 9.17) is 10.5 Å². The number of benzene rings is 2. The van der Waals surface area contributed by atoms with Gasteiger partial charge in [-0.1, -0.05) is 18.2 Å². The van der Waals surface area contributed by atoms with Crippen molar-refractivity contribution in [3.8, 4) is 5.75 Å². The lowest BCUT2D eigenvalue weighted by molar-refractivity contribution is 0.415. The topological polar surface area (TPSA) is 38.5 Å². The van der Waals surface area contributed by atoms with Gasteiger partial charge in [-0.2, -0.15) is 0 Å². The van der Waals surface area contributed by atoms with Crippen molar-refractivity contribution in [1.82, 2.24) is 0 Å². The lowest BCUT2D eigenvalue weighted by Crippen LogP contribution is -2.29. The molecule has 0 aliphatic carbocycles. The fourth-order valence-electron chi connectivity index (χ4n) is 2.15. The Labute approximate surface area is 122 Å². The Bertz CT molecular complexity index is 619. The van der Waals surface area contributed by atoms with Gasteiger partial charge in [0, 0.05) is 30.9 Å². The van der Waals surface area contributed by atoms with Crippen molar-refractivity contribution >= 4 is 5.69 Å². The van der Waals surface area contributed by atoms with Crippen molar-refractivity contribution in [3.05, 3.63) is 59.7 Å². The van der Waals surface area contributed by atoms with Crippen LogP contribution in [0.2, 0.25) is 0 Å². The van der Waals surface area contributed by atoms with Crippen LogP contribution in [0.25, 0.3) is 0 Å². The van der Waals surface area contributed by atoms with Crippen molar-refractivity contribution in [2.45, 2.75) is 6.04 Å². The predicted octanol–water partition coefficient (Wildman–Crippen LogP) is 3.11. The number of nitrogens with two attached hydrogens (primary N) is 1. The lowest BCUT2D eigenvalue weighted by atomic mass is 10.1. The fourth-order valence-corrected chi connectivity index (χ4v) is 2.15. The Kier molecular flexibility index (Phi) is 4.75. The maximum atomic E-state index is 13.7. The second kappa shape index (κ2) is 6.54. The zero-order valence-electron chi connectivity index (χ0n) is 12.0. The zero-order valence-corrected chi connectivity index (χ0v) is 12.0. The van der Waals surface area contributed by atoms with E-state index in [9.17, 15) is 8.78 Å². The molecule has 0 spiro atoms. The van der Waals surface area contributed by atoms with E-state index in [0.717, 1.165) is 17.5 Å². The highest BCUT2D eigenvalue weighted by molar-refractivity contribution is 5.50. The molecule has 0 aliphatic rings. The minimum Gasteiger partial charge on any atom is -0.497 e. The van der Waals surface area contributed by atoms with Gasteiger partial charge in [-0.3, -0.25) is 0 Å². The van der Waals surface area contributed by atoms with Crippen molar-refractivity contribution in [3.63, 3.8) is 0 Å². The molecule has 0 radical (unpaired) electrons. The normalized spacial score (nSPS) is 12.0. The van der Waals surface area contributed by atoms with Crippen molar-refractivity contribution in [2.75, 3.05) is 25.6 Å². The Morgan fingerprint density at radius 1 is 1.19 bits per heavy atom. The van der Waals surface area contributed by atoms with Gasteiger partial charge in [-0.05, 0) is 18.2 Å². The molecule has 0 amide bonds. The first-order valence-electron chi connectivity index (χ1n) is 6.57. The van der Waals surface area contributed by atoms with E-state index >= 15 is 0 Å². The van der Waals surface area contributed by atoms with E-state index in [1.165, 1.54) is 12.1 Å². The van der Waals surface area contributed by atoms with Crippen LogP contribution in [0.1, 0.15) is 11.6 Å². The summed E-state index contributed by atoms with van der Waals surface area (Å²) in [5.74, 6) is -1.04. The van der Waals surface area contributed by atoms with Gasteiger partial charge >= 0.3 is 0 Å². The van der Waals surface area contributed by atoms with Gasteiger partial charge in [0.15, 0.2) is 11.6 Å². The molecule has 0 fully saturated rings. The monoisotopic (exact) mass is 292 g/mol. The third-order valence-corrected chi connectivity index (χ3v) is 3.35. The molecule has 0 aliphatic heterocycles. The molecule has 2 aromatic carbocycles. The van der Waals surface area contributed by atoms with Crippen molar-refractivity contribution in [1.29, 1.82) is 0 Å². The molecule has 0 bridgehead atoms. The minimum absolute atomic E-state index is 0.171. The van der Waals surface area contributed by atoms with Crippen molar-refractivity contribution in [2.24, 2.45) is 5.73 Å². The predicted molar refractivity (Wildman–Crippen MR) is 79.6 cm³/mol. The van der Waals surface area contributed by atoms with Crippen LogP contribution in [0.4, 0.5) is 14.5 Å². The summed E-state index contributed by atoms with van der Waals surface area (Å²) in [5, 5.41) is 0. The molecule has 5 heteroatoms. The second-order valence-corrected chi connectivity index (χ2v) is 4.83. The summed E-state index contributed by atoms with van der Waals surface area (Å²) < 4.78 is 32.1. The van der Waals surface area contributed by atoms with E-state index in [-0.39, 0.29) is 5.56 Å². The SMILES string of the molecule is COc1cccc(N(C)CC(N)c2cccc(F)c2F)c1. The molecule has 21 heavy (non-hydrogen) atoms. The molecule has 0 saturated heterocycles. The van der Waals surface area contributed by atoms with Crippen LogP contribution < -0.4 is 15.4 Å². The van der Waals surface area contributed by atoms with Crippen LogP contribution in [0.15, 0.2) is 42.5 Å². The first-order valence-corrected chi connectivity index (χ1v) is 6.57. The number of ether oxygens (including phenoxy) is 1. The van der Waals surface area contributed by atoms with Gasteiger partial charge in [-0.15, -0.1) is 0 Å². The van der Waals surface area contributed by atoms with Gasteiger partial charge in [0.1, 0.15) is 5.75 Å². The minimum atomic E-state index is -0.885. The number of rotatable bonds is 5. The number of hydrogen-bond acceptors (Lipinski definition) is 3. The van der Waals surface area contributed by atoms with Crippen LogP contribution in [-0.4, -0.2) is 20.7 Å². The van der Waals surface area contributed by atoms with E-state index in [1.807, 2.05) is 36.2 Å². The lowest BCUT2D eigenvalue weighted by Gasteiger charge is -2.24. The highest BCUT2D eigenvalue weighted by Gasteiger charge is 2.16. The van der Waals surface area contributed by atoms with E-state index in [2.05, 4.69) is 0 Å². The molecular formula is C16H18F2N2O. The highest BCUT2D eigenvalue weighted by atomic mass is 19.2. The molecule has 2 rings (SSSR count). The number of halogens is 2. The van der Waals surface area contributed by atoms with Gasteiger partial charge in [0.05, 0.1) is 13.2 Å². The third kappa shape index (κ3) is 3.49. The van der Waals surface area contributed by atoms with Gasteiger partial charge in [0.2, 0.25) is 0 Å². The number of nitrogens with zero attached hydrogens (tertiary/aromatic N) is 1. The molecule has 0 heterocycles. The largest absolute Gasteiger partial charge is 0.497 e. The van der Waals surface area contributed by atoms with Crippen LogP contribution in [0, 0.1) is 11.6 Å². The molecule has 0 aromatic heterocycles. The smallest absolute Gasteiger partial charge is 0.163 e. The molecule has 112 valence electrons. The number of likely N-dealkylation sites (N-methyl/N-ethyl adjacent to an activating group) is 1. The summed E-state index contributed by atoms with van der Waals surface area (Å²) >= 11 is 0. The molecular weight excluding hydrogens is 274 g/mol. The Morgan fingerprint density at radius 2 is 1.90 bits per heavy atom. The quantitative estimate of drug-likeness (QED) is 0.920. The summed E-state index contributed by atoms with van der Waals surface area (Å²) in [6, 6.07) is 10.9. The fraction of sp³-hybridized carbons (Fsp3) is 0.250. The van der Waals surface area contributed by atoms with Crippen LogP contribution in [0.5, 0.6) is 5.75 Å². The Hall–Kier alpha value is -2.14.